The normalized spacial score (nSPS) is 10.6. The van der Waals surface area contributed by atoms with Crippen LogP contribution in [-0.2, 0) is 0 Å². The van der Waals surface area contributed by atoms with Crippen molar-refractivity contribution in [2.45, 2.75) is 6.92 Å². The van der Waals surface area contributed by atoms with E-state index < -0.39 is 5.82 Å². The van der Waals surface area contributed by atoms with Crippen LogP contribution in [0.15, 0.2) is 18.5 Å². The molecule has 0 spiro atoms. The molecular weight excluding hydrogens is 171 g/mol. The fourth-order valence-corrected chi connectivity index (χ4v) is 1.34. The van der Waals surface area contributed by atoms with Crippen LogP contribution < -0.4 is 0 Å². The molecule has 0 aliphatic carbocycles. The van der Waals surface area contributed by atoms with Gasteiger partial charge in [0.2, 0.25) is 0 Å². The zero-order valence-corrected chi connectivity index (χ0v) is 6.97. The van der Waals surface area contributed by atoms with Crippen molar-refractivity contribution in [2.75, 3.05) is 0 Å². The lowest BCUT2D eigenvalue weighted by molar-refractivity contribution is 0.101. The molecule has 0 amide bonds. The number of ketones is 1. The first kappa shape index (κ1) is 7.91. The number of halogens is 1. The first-order valence-electron chi connectivity index (χ1n) is 3.82. The van der Waals surface area contributed by atoms with Gasteiger partial charge in [-0.3, -0.25) is 4.79 Å². The number of aromatic amines is 1. The molecule has 1 N–H and O–H groups in total. The van der Waals surface area contributed by atoms with Gasteiger partial charge in [-0.15, -0.1) is 0 Å². The summed E-state index contributed by atoms with van der Waals surface area (Å²) >= 11 is 0. The summed E-state index contributed by atoms with van der Waals surface area (Å²) in [7, 11) is 0. The number of H-pyrrole nitrogens is 1. The molecule has 0 aliphatic heterocycles. The molecule has 2 aromatic heterocycles. The smallest absolute Gasteiger partial charge is 0.163 e. The van der Waals surface area contributed by atoms with Crippen molar-refractivity contribution < 1.29 is 9.18 Å². The molecule has 3 nitrogen and oxygen atoms in total. The number of aromatic nitrogens is 2. The van der Waals surface area contributed by atoms with Crippen molar-refractivity contribution in [3.05, 3.63) is 29.8 Å². The van der Waals surface area contributed by atoms with Crippen LogP contribution in [0.3, 0.4) is 0 Å². The van der Waals surface area contributed by atoms with Crippen LogP contribution in [0.2, 0.25) is 0 Å². The highest BCUT2D eigenvalue weighted by molar-refractivity contribution is 6.05. The number of fused-ring (bicyclic) bond motifs is 1. The van der Waals surface area contributed by atoms with Crippen LogP contribution in [0.5, 0.6) is 0 Å². The molecule has 0 radical (unpaired) electrons. The quantitative estimate of drug-likeness (QED) is 0.678. The van der Waals surface area contributed by atoms with E-state index in [0.717, 1.165) is 6.20 Å². The molecule has 0 saturated carbocycles. The molecule has 0 unspecified atom stereocenters. The summed E-state index contributed by atoms with van der Waals surface area (Å²) in [6.07, 6.45) is 2.68. The largest absolute Gasteiger partial charge is 0.346 e. The summed E-state index contributed by atoms with van der Waals surface area (Å²) in [5.74, 6) is -0.857. The molecule has 2 heterocycles. The summed E-state index contributed by atoms with van der Waals surface area (Å²) in [5, 5.41) is 0.535. The number of nitrogens with one attached hydrogen (secondary N) is 1. The molecule has 2 rings (SSSR count). The van der Waals surface area contributed by atoms with Gasteiger partial charge in [0.15, 0.2) is 11.6 Å². The Morgan fingerprint density at radius 1 is 1.62 bits per heavy atom. The van der Waals surface area contributed by atoms with Gasteiger partial charge in [0.1, 0.15) is 5.65 Å². The second-order valence-electron chi connectivity index (χ2n) is 2.78. The third-order valence-electron chi connectivity index (χ3n) is 1.89. The zero-order chi connectivity index (χ0) is 9.42. The van der Waals surface area contributed by atoms with Gasteiger partial charge < -0.3 is 4.98 Å². The fourth-order valence-electron chi connectivity index (χ4n) is 1.34. The lowest BCUT2D eigenvalue weighted by atomic mass is 10.1. The minimum Gasteiger partial charge on any atom is -0.346 e. The first-order valence-corrected chi connectivity index (χ1v) is 3.82. The second-order valence-corrected chi connectivity index (χ2v) is 2.78. The minimum atomic E-state index is -0.570. The maximum Gasteiger partial charge on any atom is 0.163 e. The Morgan fingerprint density at radius 2 is 2.38 bits per heavy atom. The number of hydrogen-bond acceptors (Lipinski definition) is 2. The fraction of sp³-hybridized carbons (Fsp3) is 0.111. The molecule has 13 heavy (non-hydrogen) atoms. The molecule has 0 saturated heterocycles. The van der Waals surface area contributed by atoms with E-state index in [0.29, 0.717) is 11.0 Å². The molecule has 4 heteroatoms. The number of carbonyl (C=O) groups excluding carboxylic acids is 1. The van der Waals surface area contributed by atoms with E-state index in [1.54, 1.807) is 12.3 Å². The zero-order valence-electron chi connectivity index (χ0n) is 6.97. The van der Waals surface area contributed by atoms with Crippen LogP contribution in [0.4, 0.5) is 4.39 Å². The van der Waals surface area contributed by atoms with Crippen molar-refractivity contribution in [3.8, 4) is 0 Å². The third-order valence-corrected chi connectivity index (χ3v) is 1.89. The standard InChI is InChI=1S/C9H7FN2O/c1-5(13)8-6-2-3-11-9(6)12-4-7(8)10/h2-4H,1H3,(H,11,12). The number of rotatable bonds is 1. The summed E-state index contributed by atoms with van der Waals surface area (Å²) in [5.41, 5.74) is 0.637. The summed E-state index contributed by atoms with van der Waals surface area (Å²) < 4.78 is 13.2. The van der Waals surface area contributed by atoms with Crippen molar-refractivity contribution in [1.29, 1.82) is 0 Å². The molecule has 2 aromatic rings. The average molecular weight is 178 g/mol. The molecular formula is C9H7FN2O. The van der Waals surface area contributed by atoms with Crippen LogP contribution >= 0.6 is 0 Å². The Kier molecular flexibility index (Phi) is 1.62. The van der Waals surface area contributed by atoms with Gasteiger partial charge >= 0.3 is 0 Å². The summed E-state index contributed by atoms with van der Waals surface area (Å²) in [6.45, 7) is 1.34. The highest BCUT2D eigenvalue weighted by Crippen LogP contribution is 2.18. The Hall–Kier alpha value is -1.71. The van der Waals surface area contributed by atoms with Gasteiger partial charge in [-0.1, -0.05) is 0 Å². The Labute approximate surface area is 73.6 Å². The van der Waals surface area contributed by atoms with Crippen LogP contribution in [0, 0.1) is 5.82 Å². The lowest BCUT2D eigenvalue weighted by Gasteiger charge is -1.98. The lowest BCUT2D eigenvalue weighted by Crippen LogP contribution is -1.98. The van der Waals surface area contributed by atoms with Crippen LogP contribution in [0.1, 0.15) is 17.3 Å². The van der Waals surface area contributed by atoms with E-state index in [9.17, 15) is 9.18 Å². The van der Waals surface area contributed by atoms with Gasteiger partial charge in [0, 0.05) is 11.6 Å². The predicted molar refractivity (Wildman–Crippen MR) is 46.1 cm³/mol. The van der Waals surface area contributed by atoms with Crippen molar-refractivity contribution in [1.82, 2.24) is 9.97 Å². The van der Waals surface area contributed by atoms with Crippen LogP contribution in [-0.4, -0.2) is 15.8 Å². The SMILES string of the molecule is CC(=O)c1c(F)cnc2[nH]ccc12. The van der Waals surface area contributed by atoms with Crippen molar-refractivity contribution >= 4 is 16.8 Å². The molecule has 0 aromatic carbocycles. The van der Waals surface area contributed by atoms with E-state index in [4.69, 9.17) is 0 Å². The number of pyridine rings is 1. The minimum absolute atomic E-state index is 0.103. The Morgan fingerprint density at radius 3 is 3.08 bits per heavy atom. The summed E-state index contributed by atoms with van der Waals surface area (Å²) in [4.78, 5) is 17.7. The molecule has 0 atom stereocenters. The van der Waals surface area contributed by atoms with Gasteiger partial charge in [0.05, 0.1) is 11.8 Å². The van der Waals surface area contributed by atoms with E-state index >= 15 is 0 Å². The van der Waals surface area contributed by atoms with Gasteiger partial charge in [-0.25, -0.2) is 9.37 Å². The molecule has 0 aliphatic rings. The third kappa shape index (κ3) is 1.11. The van der Waals surface area contributed by atoms with Gasteiger partial charge in [0.25, 0.3) is 0 Å². The van der Waals surface area contributed by atoms with E-state index in [2.05, 4.69) is 9.97 Å². The first-order chi connectivity index (χ1) is 6.20. The van der Waals surface area contributed by atoms with Crippen LogP contribution in [0.25, 0.3) is 11.0 Å². The molecule has 66 valence electrons. The predicted octanol–water partition coefficient (Wildman–Crippen LogP) is 1.90. The Bertz CT molecular complexity index is 475. The average Bonchev–Trinajstić information content (AvgIpc) is 2.50. The number of carbonyl (C=O) groups is 1. The topological polar surface area (TPSA) is 45.8 Å². The number of Topliss-reactive ketones (excluding diaryl/α,β-unsaturated/α-hetero) is 1. The summed E-state index contributed by atoms with van der Waals surface area (Å²) in [6, 6.07) is 1.64. The van der Waals surface area contributed by atoms with Gasteiger partial charge in [-0.05, 0) is 13.0 Å². The maximum absolute atomic E-state index is 13.2. The van der Waals surface area contributed by atoms with Crippen molar-refractivity contribution in [2.24, 2.45) is 0 Å². The Balaban J connectivity index is 2.88. The maximum atomic E-state index is 13.2. The second kappa shape index (κ2) is 2.65. The highest BCUT2D eigenvalue weighted by Gasteiger charge is 2.12. The molecule has 0 fully saturated rings. The number of nitrogens with zero attached hydrogens (tertiary/aromatic N) is 1. The highest BCUT2D eigenvalue weighted by atomic mass is 19.1. The number of hydrogen-bond donors (Lipinski definition) is 1. The van der Waals surface area contributed by atoms with Crippen molar-refractivity contribution in [3.63, 3.8) is 0 Å². The van der Waals surface area contributed by atoms with E-state index in [1.165, 1.54) is 6.92 Å². The van der Waals surface area contributed by atoms with Gasteiger partial charge in [-0.2, -0.15) is 0 Å². The van der Waals surface area contributed by atoms with E-state index in [-0.39, 0.29) is 11.3 Å². The van der Waals surface area contributed by atoms with E-state index in [1.807, 2.05) is 0 Å². The molecule has 0 bridgehead atoms. The monoisotopic (exact) mass is 178 g/mol.